The van der Waals surface area contributed by atoms with Gasteiger partial charge in [0.25, 0.3) is 5.91 Å². The molecule has 1 saturated heterocycles. The molecule has 118 valence electrons. The van der Waals surface area contributed by atoms with E-state index in [1.165, 1.54) is 0 Å². The average molecular weight is 315 g/mol. The fourth-order valence-corrected chi connectivity index (χ4v) is 2.37. The number of rotatable bonds is 6. The molecule has 1 aliphatic rings. The van der Waals surface area contributed by atoms with Crippen molar-refractivity contribution in [3.63, 3.8) is 0 Å². The van der Waals surface area contributed by atoms with Crippen molar-refractivity contribution in [1.29, 1.82) is 0 Å². The van der Waals surface area contributed by atoms with Crippen molar-refractivity contribution in [1.82, 2.24) is 10.6 Å². The first kappa shape index (κ1) is 17.9. The molecule has 1 amide bonds. The Bertz CT molecular complexity index is 430. The van der Waals surface area contributed by atoms with Gasteiger partial charge >= 0.3 is 0 Å². The summed E-state index contributed by atoms with van der Waals surface area (Å²) < 4.78 is 5.54. The fraction of sp³-hybridized carbons (Fsp3) is 0.533. The Morgan fingerprint density at radius 2 is 2.14 bits per heavy atom. The number of benzene rings is 1. The summed E-state index contributed by atoms with van der Waals surface area (Å²) in [5.74, 6) is -0.0888. The zero-order valence-corrected chi connectivity index (χ0v) is 12.9. The average Bonchev–Trinajstić information content (AvgIpc) is 2.88. The van der Waals surface area contributed by atoms with Gasteiger partial charge in [-0.1, -0.05) is 30.3 Å². The SMILES string of the molecule is CCOC(C(=O)NCC1CNCC1O)c1ccccc1.Cl. The molecule has 1 aliphatic heterocycles. The number of β-amino-alcohol motifs (C(OH)–C–C–N with tert-alkyl or cyclic N) is 1. The van der Waals surface area contributed by atoms with Gasteiger partial charge in [0.05, 0.1) is 6.10 Å². The van der Waals surface area contributed by atoms with Gasteiger partial charge in [-0.15, -0.1) is 12.4 Å². The number of aliphatic hydroxyl groups excluding tert-OH is 1. The van der Waals surface area contributed by atoms with E-state index in [1.807, 2.05) is 37.3 Å². The van der Waals surface area contributed by atoms with Gasteiger partial charge in [0, 0.05) is 32.2 Å². The summed E-state index contributed by atoms with van der Waals surface area (Å²) in [5, 5.41) is 15.7. The Kier molecular flexibility index (Phi) is 7.67. The molecule has 1 aromatic rings. The smallest absolute Gasteiger partial charge is 0.253 e. The van der Waals surface area contributed by atoms with E-state index in [0.29, 0.717) is 19.7 Å². The van der Waals surface area contributed by atoms with Crippen molar-refractivity contribution in [2.45, 2.75) is 19.1 Å². The number of halogens is 1. The van der Waals surface area contributed by atoms with Gasteiger partial charge in [0.15, 0.2) is 6.10 Å². The Morgan fingerprint density at radius 1 is 1.43 bits per heavy atom. The largest absolute Gasteiger partial charge is 0.391 e. The molecule has 3 N–H and O–H groups in total. The molecule has 0 radical (unpaired) electrons. The monoisotopic (exact) mass is 314 g/mol. The topological polar surface area (TPSA) is 70.6 Å². The third-order valence-corrected chi connectivity index (χ3v) is 3.52. The van der Waals surface area contributed by atoms with Gasteiger partial charge in [-0.3, -0.25) is 4.79 Å². The van der Waals surface area contributed by atoms with Crippen molar-refractivity contribution in [2.75, 3.05) is 26.2 Å². The molecule has 0 saturated carbocycles. The van der Waals surface area contributed by atoms with Crippen molar-refractivity contribution < 1.29 is 14.6 Å². The van der Waals surface area contributed by atoms with Crippen LogP contribution in [0.4, 0.5) is 0 Å². The lowest BCUT2D eigenvalue weighted by Crippen LogP contribution is -2.37. The number of carbonyl (C=O) groups is 1. The van der Waals surface area contributed by atoms with E-state index in [9.17, 15) is 9.90 Å². The summed E-state index contributed by atoms with van der Waals surface area (Å²) in [5.41, 5.74) is 0.844. The Morgan fingerprint density at radius 3 is 2.71 bits per heavy atom. The van der Waals surface area contributed by atoms with Crippen LogP contribution in [0.2, 0.25) is 0 Å². The van der Waals surface area contributed by atoms with Gasteiger partial charge in [0.1, 0.15) is 0 Å². The number of amides is 1. The molecule has 5 nitrogen and oxygen atoms in total. The van der Waals surface area contributed by atoms with Gasteiger partial charge < -0.3 is 20.5 Å². The molecule has 1 aromatic carbocycles. The Labute approximate surface area is 131 Å². The molecule has 1 heterocycles. The van der Waals surface area contributed by atoms with Gasteiger partial charge in [0.2, 0.25) is 0 Å². The predicted octanol–water partition coefficient (Wildman–Crippen LogP) is 0.883. The lowest BCUT2D eigenvalue weighted by Gasteiger charge is -2.19. The van der Waals surface area contributed by atoms with Gasteiger partial charge in [-0.05, 0) is 12.5 Å². The van der Waals surface area contributed by atoms with Crippen LogP contribution < -0.4 is 10.6 Å². The highest BCUT2D eigenvalue weighted by Gasteiger charge is 2.27. The van der Waals surface area contributed by atoms with Crippen LogP contribution in [-0.2, 0) is 9.53 Å². The molecular formula is C15H23ClN2O3. The van der Waals surface area contributed by atoms with E-state index in [-0.39, 0.29) is 24.2 Å². The van der Waals surface area contributed by atoms with Crippen molar-refractivity contribution in [3.8, 4) is 0 Å². The highest BCUT2D eigenvalue weighted by atomic mass is 35.5. The number of hydrogen-bond acceptors (Lipinski definition) is 4. The van der Waals surface area contributed by atoms with Crippen molar-refractivity contribution in [2.24, 2.45) is 5.92 Å². The van der Waals surface area contributed by atoms with E-state index in [4.69, 9.17) is 4.74 Å². The number of carbonyl (C=O) groups excluding carboxylic acids is 1. The second-order valence-corrected chi connectivity index (χ2v) is 4.98. The summed E-state index contributed by atoms with van der Waals surface area (Å²) in [7, 11) is 0. The van der Waals surface area contributed by atoms with E-state index < -0.39 is 12.2 Å². The highest BCUT2D eigenvalue weighted by molar-refractivity contribution is 5.85. The molecule has 0 aromatic heterocycles. The highest BCUT2D eigenvalue weighted by Crippen LogP contribution is 2.17. The maximum absolute atomic E-state index is 12.3. The maximum Gasteiger partial charge on any atom is 0.253 e. The zero-order valence-electron chi connectivity index (χ0n) is 12.1. The van der Waals surface area contributed by atoms with Crippen LogP contribution in [0.15, 0.2) is 30.3 Å². The molecule has 6 heteroatoms. The Hall–Kier alpha value is -1.14. The zero-order chi connectivity index (χ0) is 14.4. The minimum Gasteiger partial charge on any atom is -0.391 e. The molecule has 1 fully saturated rings. The first-order valence-corrected chi connectivity index (χ1v) is 7.05. The molecule has 21 heavy (non-hydrogen) atoms. The van der Waals surface area contributed by atoms with Crippen molar-refractivity contribution in [3.05, 3.63) is 35.9 Å². The number of nitrogens with one attached hydrogen (secondary N) is 2. The number of ether oxygens (including phenoxy) is 1. The van der Waals surface area contributed by atoms with Crippen LogP contribution in [-0.4, -0.2) is 43.4 Å². The molecule has 3 unspecified atom stereocenters. The van der Waals surface area contributed by atoms with E-state index in [2.05, 4.69) is 10.6 Å². The Balaban J connectivity index is 0.00000220. The van der Waals surface area contributed by atoms with E-state index >= 15 is 0 Å². The predicted molar refractivity (Wildman–Crippen MR) is 83.4 cm³/mol. The van der Waals surface area contributed by atoms with Gasteiger partial charge in [-0.25, -0.2) is 0 Å². The first-order chi connectivity index (χ1) is 9.72. The fourth-order valence-electron chi connectivity index (χ4n) is 2.37. The van der Waals surface area contributed by atoms with Crippen LogP contribution in [0.1, 0.15) is 18.6 Å². The summed E-state index contributed by atoms with van der Waals surface area (Å²) in [6.07, 6.45) is -0.981. The van der Waals surface area contributed by atoms with Crippen LogP contribution in [0.3, 0.4) is 0 Å². The summed E-state index contributed by atoms with van der Waals surface area (Å²) in [4.78, 5) is 12.3. The van der Waals surface area contributed by atoms with Crippen LogP contribution in [0, 0.1) is 5.92 Å². The van der Waals surface area contributed by atoms with E-state index in [0.717, 1.165) is 12.1 Å². The van der Waals surface area contributed by atoms with Crippen LogP contribution in [0.25, 0.3) is 0 Å². The van der Waals surface area contributed by atoms with E-state index in [1.54, 1.807) is 0 Å². The van der Waals surface area contributed by atoms with Crippen molar-refractivity contribution >= 4 is 18.3 Å². The summed E-state index contributed by atoms with van der Waals surface area (Å²) >= 11 is 0. The maximum atomic E-state index is 12.3. The normalized spacial score (nSPS) is 22.4. The molecule has 0 aliphatic carbocycles. The number of hydrogen-bond donors (Lipinski definition) is 3. The van der Waals surface area contributed by atoms with Crippen LogP contribution >= 0.6 is 12.4 Å². The minimum atomic E-state index is -0.590. The minimum absolute atomic E-state index is 0. The molecule has 0 spiro atoms. The second kappa shape index (κ2) is 9.00. The van der Waals surface area contributed by atoms with Gasteiger partial charge in [-0.2, -0.15) is 0 Å². The second-order valence-electron chi connectivity index (χ2n) is 4.98. The summed E-state index contributed by atoms with van der Waals surface area (Å²) in [6, 6.07) is 9.45. The first-order valence-electron chi connectivity index (χ1n) is 7.05. The lowest BCUT2D eigenvalue weighted by molar-refractivity contribution is -0.133. The lowest BCUT2D eigenvalue weighted by atomic mass is 10.1. The molecular weight excluding hydrogens is 292 g/mol. The standard InChI is InChI=1S/C15H22N2O3.ClH/c1-2-20-14(11-6-4-3-5-7-11)15(19)17-9-12-8-16-10-13(12)18;/h3-7,12-14,16,18H,2,8-10H2,1H3,(H,17,19);1H. The third kappa shape index (κ3) is 4.97. The summed E-state index contributed by atoms with van der Waals surface area (Å²) in [6.45, 7) is 4.12. The number of aliphatic hydroxyl groups is 1. The molecule has 2 rings (SSSR count). The molecule has 3 atom stereocenters. The third-order valence-electron chi connectivity index (χ3n) is 3.52. The van der Waals surface area contributed by atoms with Crippen LogP contribution in [0.5, 0.6) is 0 Å². The quantitative estimate of drug-likeness (QED) is 0.729. The molecule has 0 bridgehead atoms.